The molecule has 0 atom stereocenters. The van der Waals surface area contributed by atoms with Crippen molar-refractivity contribution in [2.24, 2.45) is 0 Å². The minimum absolute atomic E-state index is 0.265. The first-order chi connectivity index (χ1) is 9.15. The Hall–Kier alpha value is -2.03. The van der Waals surface area contributed by atoms with Crippen molar-refractivity contribution in [3.63, 3.8) is 0 Å². The van der Waals surface area contributed by atoms with Crippen LogP contribution in [0.2, 0.25) is 5.02 Å². The second kappa shape index (κ2) is 5.74. The highest BCUT2D eigenvalue weighted by atomic mass is 35.5. The van der Waals surface area contributed by atoms with Crippen LogP contribution in [-0.4, -0.2) is 16.9 Å². The zero-order valence-corrected chi connectivity index (χ0v) is 11.2. The van der Waals surface area contributed by atoms with Gasteiger partial charge in [0.25, 0.3) is 0 Å². The third-order valence-corrected chi connectivity index (χ3v) is 2.95. The van der Waals surface area contributed by atoms with E-state index >= 15 is 0 Å². The predicted octanol–water partition coefficient (Wildman–Crippen LogP) is 2.19. The first-order valence-corrected chi connectivity index (χ1v) is 6.02. The molecule has 0 aliphatic rings. The molecule has 0 radical (unpaired) electrons. The van der Waals surface area contributed by atoms with Gasteiger partial charge in [0.1, 0.15) is 23.1 Å². The van der Waals surface area contributed by atoms with E-state index < -0.39 is 0 Å². The molecule has 0 fully saturated rings. The Kier molecular flexibility index (Phi) is 4.05. The van der Waals surface area contributed by atoms with Crippen LogP contribution in [0.3, 0.4) is 0 Å². The van der Waals surface area contributed by atoms with Gasteiger partial charge >= 0.3 is 0 Å². The molecule has 0 amide bonds. The summed E-state index contributed by atoms with van der Waals surface area (Å²) in [7, 11) is 1.55. The highest BCUT2D eigenvalue weighted by Gasteiger charge is 2.15. The minimum atomic E-state index is 0.265. The van der Waals surface area contributed by atoms with E-state index in [4.69, 9.17) is 27.3 Å². The second-order valence-corrected chi connectivity index (χ2v) is 4.47. The van der Waals surface area contributed by atoms with Crippen molar-refractivity contribution in [1.29, 1.82) is 5.26 Å². The number of aromatic nitrogens is 2. The summed E-state index contributed by atoms with van der Waals surface area (Å²) in [6, 6.07) is 9.45. The van der Waals surface area contributed by atoms with Crippen molar-refractivity contribution in [3.8, 4) is 6.07 Å². The molecule has 2 N–H and O–H groups in total. The summed E-state index contributed by atoms with van der Waals surface area (Å²) in [4.78, 5) is 0. The summed E-state index contributed by atoms with van der Waals surface area (Å²) in [5, 5.41) is 14.1. The standard InChI is InChI=1S/C13H13ClN4O/c1-19-8-12-11(6-15)13(16)18(17-12)7-9-2-4-10(14)5-3-9/h2-5H,7-8,16H2,1H3. The molecule has 1 aromatic carbocycles. The lowest BCUT2D eigenvalue weighted by Crippen LogP contribution is -2.06. The number of hydrogen-bond acceptors (Lipinski definition) is 4. The van der Waals surface area contributed by atoms with Gasteiger partial charge < -0.3 is 10.5 Å². The van der Waals surface area contributed by atoms with Crippen LogP contribution in [0.4, 0.5) is 5.82 Å². The van der Waals surface area contributed by atoms with Gasteiger partial charge in [-0.3, -0.25) is 0 Å². The molecule has 98 valence electrons. The number of nitrogens with zero attached hydrogens (tertiary/aromatic N) is 3. The van der Waals surface area contributed by atoms with E-state index in [0.29, 0.717) is 28.6 Å². The third-order valence-electron chi connectivity index (χ3n) is 2.70. The van der Waals surface area contributed by atoms with E-state index in [0.717, 1.165) is 5.56 Å². The largest absolute Gasteiger partial charge is 0.383 e. The molecule has 2 rings (SSSR count). The normalized spacial score (nSPS) is 10.4. The summed E-state index contributed by atoms with van der Waals surface area (Å²) in [6.07, 6.45) is 0. The summed E-state index contributed by atoms with van der Waals surface area (Å²) in [6.45, 7) is 0.752. The van der Waals surface area contributed by atoms with E-state index in [-0.39, 0.29) is 6.61 Å². The van der Waals surface area contributed by atoms with Gasteiger partial charge in [-0.15, -0.1) is 0 Å². The van der Waals surface area contributed by atoms with Crippen molar-refractivity contribution in [1.82, 2.24) is 9.78 Å². The van der Waals surface area contributed by atoms with Crippen molar-refractivity contribution < 1.29 is 4.74 Å². The van der Waals surface area contributed by atoms with E-state index in [1.54, 1.807) is 23.9 Å². The molecule has 0 bridgehead atoms. The molecule has 0 spiro atoms. The smallest absolute Gasteiger partial charge is 0.140 e. The molecular weight excluding hydrogens is 264 g/mol. The Morgan fingerprint density at radius 3 is 2.68 bits per heavy atom. The minimum Gasteiger partial charge on any atom is -0.383 e. The quantitative estimate of drug-likeness (QED) is 0.928. The SMILES string of the molecule is COCc1nn(Cc2ccc(Cl)cc2)c(N)c1C#N. The number of rotatable bonds is 4. The third kappa shape index (κ3) is 2.87. The lowest BCUT2D eigenvalue weighted by atomic mass is 10.2. The topological polar surface area (TPSA) is 76.9 Å². The lowest BCUT2D eigenvalue weighted by molar-refractivity contribution is 0.180. The fourth-order valence-electron chi connectivity index (χ4n) is 1.77. The molecule has 5 nitrogen and oxygen atoms in total. The highest BCUT2D eigenvalue weighted by Crippen LogP contribution is 2.18. The maximum atomic E-state index is 9.09. The first kappa shape index (κ1) is 13.4. The van der Waals surface area contributed by atoms with Gasteiger partial charge in [0, 0.05) is 12.1 Å². The average Bonchev–Trinajstić information content (AvgIpc) is 2.69. The lowest BCUT2D eigenvalue weighted by Gasteiger charge is -2.04. The molecule has 19 heavy (non-hydrogen) atoms. The highest BCUT2D eigenvalue weighted by molar-refractivity contribution is 6.30. The number of nitriles is 1. The fourth-order valence-corrected chi connectivity index (χ4v) is 1.90. The van der Waals surface area contributed by atoms with Gasteiger partial charge in [-0.2, -0.15) is 10.4 Å². The van der Waals surface area contributed by atoms with Gasteiger partial charge in [-0.1, -0.05) is 23.7 Å². The van der Waals surface area contributed by atoms with Crippen LogP contribution >= 0.6 is 11.6 Å². The maximum absolute atomic E-state index is 9.09. The number of halogens is 1. The van der Waals surface area contributed by atoms with Crippen molar-refractivity contribution in [2.45, 2.75) is 13.2 Å². The Labute approximate surface area is 116 Å². The fraction of sp³-hybridized carbons (Fsp3) is 0.231. The molecule has 0 aliphatic heterocycles. The molecule has 0 unspecified atom stereocenters. The number of nitrogens with two attached hydrogens (primary N) is 1. The maximum Gasteiger partial charge on any atom is 0.140 e. The summed E-state index contributed by atoms with van der Waals surface area (Å²) in [5.74, 6) is 0.351. The number of methoxy groups -OCH3 is 1. The summed E-state index contributed by atoms with van der Waals surface area (Å²) in [5.41, 5.74) is 7.85. The van der Waals surface area contributed by atoms with Crippen molar-refractivity contribution >= 4 is 17.4 Å². The van der Waals surface area contributed by atoms with E-state index in [1.807, 2.05) is 12.1 Å². The van der Waals surface area contributed by atoms with Crippen LogP contribution in [0.25, 0.3) is 0 Å². The number of nitrogen functional groups attached to an aromatic ring is 1. The zero-order chi connectivity index (χ0) is 13.8. The zero-order valence-electron chi connectivity index (χ0n) is 10.4. The Balaban J connectivity index is 2.30. The molecule has 0 saturated carbocycles. The van der Waals surface area contributed by atoms with Crippen molar-refractivity contribution in [3.05, 3.63) is 46.1 Å². The number of hydrogen-bond donors (Lipinski definition) is 1. The molecule has 1 aromatic heterocycles. The van der Waals surface area contributed by atoms with E-state index in [1.165, 1.54) is 0 Å². The van der Waals surface area contributed by atoms with Crippen LogP contribution in [0.5, 0.6) is 0 Å². The molecule has 0 aliphatic carbocycles. The number of benzene rings is 1. The van der Waals surface area contributed by atoms with Gasteiger partial charge in [0.15, 0.2) is 0 Å². The Bertz CT molecular complexity index is 613. The second-order valence-electron chi connectivity index (χ2n) is 4.04. The monoisotopic (exact) mass is 276 g/mol. The molecule has 2 aromatic rings. The average molecular weight is 277 g/mol. The Morgan fingerprint density at radius 1 is 1.42 bits per heavy atom. The van der Waals surface area contributed by atoms with Crippen LogP contribution in [-0.2, 0) is 17.9 Å². The summed E-state index contributed by atoms with van der Waals surface area (Å²) < 4.78 is 6.60. The van der Waals surface area contributed by atoms with Gasteiger partial charge in [-0.25, -0.2) is 4.68 Å². The van der Waals surface area contributed by atoms with E-state index in [9.17, 15) is 0 Å². The number of ether oxygens (including phenoxy) is 1. The first-order valence-electron chi connectivity index (χ1n) is 5.64. The predicted molar refractivity (Wildman–Crippen MR) is 72.6 cm³/mol. The van der Waals surface area contributed by atoms with E-state index in [2.05, 4.69) is 11.2 Å². The van der Waals surface area contributed by atoms with Crippen molar-refractivity contribution in [2.75, 3.05) is 12.8 Å². The molecule has 1 heterocycles. The Morgan fingerprint density at radius 2 is 2.11 bits per heavy atom. The molecule has 0 saturated heterocycles. The van der Waals surface area contributed by atoms with Gasteiger partial charge in [0.05, 0.1) is 13.2 Å². The van der Waals surface area contributed by atoms with Crippen LogP contribution in [0.1, 0.15) is 16.8 Å². The van der Waals surface area contributed by atoms with Gasteiger partial charge in [-0.05, 0) is 17.7 Å². The van der Waals surface area contributed by atoms with Crippen LogP contribution in [0, 0.1) is 11.3 Å². The van der Waals surface area contributed by atoms with Crippen LogP contribution < -0.4 is 5.73 Å². The molecular formula is C13H13ClN4O. The molecule has 6 heteroatoms. The number of anilines is 1. The van der Waals surface area contributed by atoms with Gasteiger partial charge in [0.2, 0.25) is 0 Å². The van der Waals surface area contributed by atoms with Crippen LogP contribution in [0.15, 0.2) is 24.3 Å². The summed E-state index contributed by atoms with van der Waals surface area (Å²) >= 11 is 5.83.